The fraction of sp³-hybridized carbons (Fsp3) is 0. The van der Waals surface area contributed by atoms with Gasteiger partial charge in [-0.1, -0.05) is 109 Å². The minimum absolute atomic E-state index is 1.16. The molecule has 0 radical (unpaired) electrons. The van der Waals surface area contributed by atoms with Gasteiger partial charge >= 0.3 is 0 Å². The van der Waals surface area contributed by atoms with E-state index in [1.165, 1.54) is 92.1 Å². The van der Waals surface area contributed by atoms with Crippen molar-refractivity contribution in [2.75, 3.05) is 0 Å². The third-order valence-corrected chi connectivity index (χ3v) is 11.4. The number of aromatic nitrogens is 2. The number of hydrogen-bond donors (Lipinski definition) is 0. The Kier molecular flexibility index (Phi) is 5.63. The highest BCUT2D eigenvalue weighted by Crippen LogP contribution is 2.49. The molecule has 11 rings (SSSR count). The quantitative estimate of drug-likeness (QED) is 0.187. The van der Waals surface area contributed by atoms with E-state index in [0.717, 1.165) is 5.69 Å². The smallest absolute Gasteiger partial charge is 0.0542 e. The summed E-state index contributed by atoms with van der Waals surface area (Å²) < 4.78 is 4.82. The van der Waals surface area contributed by atoms with Crippen molar-refractivity contribution in [1.82, 2.24) is 9.13 Å². The summed E-state index contributed by atoms with van der Waals surface area (Å²) in [6, 6.07) is 62.5. The Morgan fingerprint density at radius 2 is 0.959 bits per heavy atom. The van der Waals surface area contributed by atoms with Crippen molar-refractivity contribution >= 4 is 66.1 Å². The van der Waals surface area contributed by atoms with Gasteiger partial charge in [0.2, 0.25) is 0 Å². The normalized spacial score (nSPS) is 12.4. The molecule has 0 fully saturated rings. The van der Waals surface area contributed by atoms with Gasteiger partial charge < -0.3 is 9.13 Å². The number of rotatable bonds is 3. The van der Waals surface area contributed by atoms with Gasteiger partial charge in [0, 0.05) is 48.1 Å². The molecular weight excluding hydrogens is 613 g/mol. The highest BCUT2D eigenvalue weighted by molar-refractivity contribution is 7.99. The number of hydrogen-bond acceptors (Lipinski definition) is 1. The molecule has 0 saturated heterocycles. The Labute approximate surface area is 287 Å². The lowest BCUT2D eigenvalue weighted by molar-refractivity contribution is 1.17. The molecule has 0 unspecified atom stereocenters. The molecule has 0 amide bonds. The average Bonchev–Trinajstić information content (AvgIpc) is 3.67. The molecule has 0 atom stereocenters. The number of fused-ring (bicyclic) bond motifs is 8. The number of benzene rings is 8. The maximum absolute atomic E-state index is 2.42. The maximum atomic E-state index is 2.42. The summed E-state index contributed by atoms with van der Waals surface area (Å²) in [6.07, 6.45) is 0. The molecule has 0 spiro atoms. The fourth-order valence-electron chi connectivity index (χ4n) is 8.13. The van der Waals surface area contributed by atoms with Crippen molar-refractivity contribution in [2.45, 2.75) is 9.79 Å². The molecule has 0 saturated carbocycles. The average molecular weight is 641 g/mol. The van der Waals surface area contributed by atoms with E-state index in [0.29, 0.717) is 0 Å². The van der Waals surface area contributed by atoms with Gasteiger partial charge in [-0.2, -0.15) is 0 Å². The van der Waals surface area contributed by atoms with Crippen LogP contribution in [0.2, 0.25) is 0 Å². The monoisotopic (exact) mass is 640 g/mol. The van der Waals surface area contributed by atoms with E-state index >= 15 is 0 Å². The first kappa shape index (κ1) is 27.0. The minimum atomic E-state index is 1.16. The summed E-state index contributed by atoms with van der Waals surface area (Å²) in [5, 5.41) is 7.70. The third kappa shape index (κ3) is 3.91. The van der Waals surface area contributed by atoms with E-state index in [1.807, 2.05) is 11.8 Å². The second-order valence-corrected chi connectivity index (χ2v) is 14.0. The molecule has 0 aliphatic carbocycles. The standard InChI is InChI=1S/C46H28N2S/c1-2-12-32(13-3-1)47-42-23-20-30(31-21-25-44-39(27-31)36-16-8-10-29-11-9-19-45(49-44)46(29)36)26-37(42)38-28-33(22-24-43(38)47)48-40-17-6-4-14-34(40)35-15-5-7-18-41(35)48/h1-28H. The van der Waals surface area contributed by atoms with E-state index < -0.39 is 0 Å². The molecule has 1 aliphatic heterocycles. The second kappa shape index (κ2) is 10.2. The highest BCUT2D eigenvalue weighted by atomic mass is 32.2. The highest BCUT2D eigenvalue weighted by Gasteiger charge is 2.21. The fourth-order valence-corrected chi connectivity index (χ4v) is 9.26. The summed E-state index contributed by atoms with van der Waals surface area (Å²) in [5.41, 5.74) is 12.3. The summed E-state index contributed by atoms with van der Waals surface area (Å²) in [4.78, 5) is 2.65. The van der Waals surface area contributed by atoms with E-state index in [-0.39, 0.29) is 0 Å². The molecule has 49 heavy (non-hydrogen) atoms. The van der Waals surface area contributed by atoms with Crippen LogP contribution >= 0.6 is 11.8 Å². The summed E-state index contributed by atoms with van der Waals surface area (Å²) in [6.45, 7) is 0. The molecule has 2 nitrogen and oxygen atoms in total. The van der Waals surface area contributed by atoms with Crippen LogP contribution in [0.5, 0.6) is 0 Å². The topological polar surface area (TPSA) is 9.86 Å². The van der Waals surface area contributed by atoms with Crippen LogP contribution in [-0.4, -0.2) is 9.13 Å². The van der Waals surface area contributed by atoms with Crippen LogP contribution in [0.1, 0.15) is 0 Å². The molecule has 0 N–H and O–H groups in total. The molecule has 8 aromatic carbocycles. The third-order valence-electron chi connectivity index (χ3n) is 10.3. The van der Waals surface area contributed by atoms with Crippen LogP contribution in [0.15, 0.2) is 180 Å². The zero-order valence-electron chi connectivity index (χ0n) is 26.5. The lowest BCUT2D eigenvalue weighted by atomic mass is 9.94. The van der Waals surface area contributed by atoms with Crippen molar-refractivity contribution in [3.63, 3.8) is 0 Å². The van der Waals surface area contributed by atoms with Crippen molar-refractivity contribution in [3.05, 3.63) is 170 Å². The van der Waals surface area contributed by atoms with Gasteiger partial charge in [-0.3, -0.25) is 0 Å². The first-order valence-corrected chi connectivity index (χ1v) is 17.6. The zero-order valence-corrected chi connectivity index (χ0v) is 27.3. The Morgan fingerprint density at radius 1 is 0.347 bits per heavy atom. The lowest BCUT2D eigenvalue weighted by Gasteiger charge is -2.21. The first-order valence-electron chi connectivity index (χ1n) is 16.8. The van der Waals surface area contributed by atoms with Crippen molar-refractivity contribution in [2.24, 2.45) is 0 Å². The largest absolute Gasteiger partial charge is 0.309 e. The van der Waals surface area contributed by atoms with Gasteiger partial charge in [0.15, 0.2) is 0 Å². The maximum Gasteiger partial charge on any atom is 0.0542 e. The Morgan fingerprint density at radius 3 is 1.76 bits per heavy atom. The second-order valence-electron chi connectivity index (χ2n) is 12.9. The van der Waals surface area contributed by atoms with Crippen molar-refractivity contribution in [3.8, 4) is 33.6 Å². The lowest BCUT2D eigenvalue weighted by Crippen LogP contribution is -1.95. The van der Waals surface area contributed by atoms with Gasteiger partial charge in [-0.05, 0) is 100 Å². The van der Waals surface area contributed by atoms with Crippen LogP contribution in [-0.2, 0) is 0 Å². The number of para-hydroxylation sites is 3. The molecule has 228 valence electrons. The van der Waals surface area contributed by atoms with E-state index in [2.05, 4.69) is 179 Å². The molecule has 1 aliphatic rings. The van der Waals surface area contributed by atoms with Gasteiger partial charge in [0.25, 0.3) is 0 Å². The molecule has 10 aromatic rings. The van der Waals surface area contributed by atoms with Crippen LogP contribution in [0.25, 0.3) is 88.0 Å². The predicted octanol–water partition coefficient (Wildman–Crippen LogP) is 12.8. The van der Waals surface area contributed by atoms with Gasteiger partial charge in [-0.15, -0.1) is 0 Å². The summed E-state index contributed by atoms with van der Waals surface area (Å²) in [5.74, 6) is 0. The van der Waals surface area contributed by atoms with Crippen molar-refractivity contribution in [1.29, 1.82) is 0 Å². The van der Waals surface area contributed by atoms with Gasteiger partial charge in [0.1, 0.15) is 0 Å². The van der Waals surface area contributed by atoms with Gasteiger partial charge in [0.05, 0.1) is 22.1 Å². The van der Waals surface area contributed by atoms with Crippen molar-refractivity contribution < 1.29 is 0 Å². The first-order chi connectivity index (χ1) is 24.3. The SMILES string of the molecule is c1ccc(-n2c3ccc(-c4ccc5c(c4)-c4cccc6cccc(c46)S5)cc3c3cc(-n4c5ccccc5c5ccccc54)ccc32)cc1. The molecule has 3 heterocycles. The Bertz CT molecular complexity index is 2910. The van der Waals surface area contributed by atoms with Crippen LogP contribution in [0, 0.1) is 0 Å². The van der Waals surface area contributed by atoms with Crippen LogP contribution in [0.3, 0.4) is 0 Å². The van der Waals surface area contributed by atoms with E-state index in [4.69, 9.17) is 0 Å². The zero-order chi connectivity index (χ0) is 32.1. The molecule has 2 aromatic heterocycles. The van der Waals surface area contributed by atoms with Gasteiger partial charge in [-0.25, -0.2) is 0 Å². The Balaban J connectivity index is 1.15. The Hall–Kier alpha value is -6.03. The van der Waals surface area contributed by atoms with E-state index in [1.54, 1.807) is 0 Å². The minimum Gasteiger partial charge on any atom is -0.309 e. The van der Waals surface area contributed by atoms with E-state index in [9.17, 15) is 0 Å². The van der Waals surface area contributed by atoms with Crippen LogP contribution in [0.4, 0.5) is 0 Å². The van der Waals surface area contributed by atoms with Crippen LogP contribution < -0.4 is 0 Å². The molecule has 0 bridgehead atoms. The predicted molar refractivity (Wildman–Crippen MR) is 208 cm³/mol. The molecule has 3 heteroatoms. The summed E-state index contributed by atoms with van der Waals surface area (Å²) in [7, 11) is 0. The summed E-state index contributed by atoms with van der Waals surface area (Å²) >= 11 is 1.88. The molecular formula is C46H28N2S. The number of nitrogens with zero attached hydrogens (tertiary/aromatic N) is 2.